The molecule has 0 aromatic heterocycles. The number of methoxy groups -OCH3 is 2. The van der Waals surface area contributed by atoms with E-state index in [4.69, 9.17) is 9.47 Å². The van der Waals surface area contributed by atoms with Crippen LogP contribution in [0.5, 0.6) is 11.5 Å². The lowest BCUT2D eigenvalue weighted by molar-refractivity contribution is -0.139. The highest BCUT2D eigenvalue weighted by atomic mass is 16.5. The van der Waals surface area contributed by atoms with Crippen LogP contribution in [-0.4, -0.2) is 37.4 Å². The zero-order chi connectivity index (χ0) is 17.4. The topological polar surface area (TPSA) is 67.8 Å². The van der Waals surface area contributed by atoms with E-state index >= 15 is 0 Å². The van der Waals surface area contributed by atoms with E-state index in [9.17, 15) is 9.90 Å². The molecule has 0 bridgehead atoms. The van der Waals surface area contributed by atoms with Gasteiger partial charge in [0, 0.05) is 6.04 Å². The first kappa shape index (κ1) is 19.3. The Morgan fingerprint density at radius 1 is 1.22 bits per heavy atom. The molecule has 23 heavy (non-hydrogen) atoms. The number of carbonyl (C=O) groups is 1. The van der Waals surface area contributed by atoms with Crippen LogP contribution in [0.1, 0.15) is 51.5 Å². The lowest BCUT2D eigenvalue weighted by Gasteiger charge is -2.26. The minimum absolute atomic E-state index is 0.0334. The van der Waals surface area contributed by atoms with Gasteiger partial charge in [0.1, 0.15) is 6.04 Å². The maximum atomic E-state index is 11.4. The molecular formula is C18H29NO4. The molecule has 0 aliphatic rings. The molecule has 0 radical (unpaired) electrons. The molecule has 5 heteroatoms. The minimum atomic E-state index is -0.787. The Hall–Kier alpha value is -1.75. The maximum absolute atomic E-state index is 11.4. The highest BCUT2D eigenvalue weighted by molar-refractivity contribution is 5.73. The van der Waals surface area contributed by atoms with Crippen molar-refractivity contribution in [3.63, 3.8) is 0 Å². The molecule has 0 saturated carbocycles. The number of carboxylic acids is 1. The number of ether oxygens (including phenoxy) is 2. The van der Waals surface area contributed by atoms with Gasteiger partial charge in [-0.25, -0.2) is 0 Å². The van der Waals surface area contributed by atoms with Crippen LogP contribution < -0.4 is 14.8 Å². The van der Waals surface area contributed by atoms with E-state index in [2.05, 4.69) is 19.2 Å². The van der Waals surface area contributed by atoms with Gasteiger partial charge in [0.25, 0.3) is 0 Å². The number of unbranched alkanes of at least 4 members (excludes halogenated alkanes) is 1. The molecule has 0 fully saturated rings. The SMILES string of the molecule is CCCC[C@H](NC(C)C(C)c1ccc(OC)c(OC)c1)C(=O)O. The molecule has 130 valence electrons. The zero-order valence-electron chi connectivity index (χ0n) is 14.8. The van der Waals surface area contributed by atoms with E-state index in [0.717, 1.165) is 18.4 Å². The van der Waals surface area contributed by atoms with Crippen molar-refractivity contribution in [2.75, 3.05) is 14.2 Å². The van der Waals surface area contributed by atoms with Crippen molar-refractivity contribution in [3.8, 4) is 11.5 Å². The summed E-state index contributed by atoms with van der Waals surface area (Å²) in [6, 6.07) is 5.34. The molecule has 2 unspecified atom stereocenters. The molecule has 1 aromatic rings. The maximum Gasteiger partial charge on any atom is 0.320 e. The molecular weight excluding hydrogens is 294 g/mol. The summed E-state index contributed by atoms with van der Waals surface area (Å²) >= 11 is 0. The number of hydrogen-bond acceptors (Lipinski definition) is 4. The van der Waals surface area contributed by atoms with Gasteiger partial charge in [-0.2, -0.15) is 0 Å². The molecule has 0 spiro atoms. The minimum Gasteiger partial charge on any atom is -0.493 e. The second-order valence-electron chi connectivity index (χ2n) is 5.89. The number of hydrogen-bond donors (Lipinski definition) is 2. The fourth-order valence-corrected chi connectivity index (χ4v) is 2.57. The third-order valence-corrected chi connectivity index (χ3v) is 4.29. The molecule has 0 aliphatic heterocycles. The Balaban J connectivity index is 2.82. The monoisotopic (exact) mass is 323 g/mol. The predicted molar refractivity (Wildman–Crippen MR) is 91.5 cm³/mol. The van der Waals surface area contributed by atoms with Gasteiger partial charge in [-0.3, -0.25) is 4.79 Å². The molecule has 1 rings (SSSR count). The van der Waals surface area contributed by atoms with Crippen molar-refractivity contribution < 1.29 is 19.4 Å². The first-order valence-electron chi connectivity index (χ1n) is 8.15. The summed E-state index contributed by atoms with van der Waals surface area (Å²) in [4.78, 5) is 11.4. The van der Waals surface area contributed by atoms with Gasteiger partial charge in [0.05, 0.1) is 14.2 Å². The van der Waals surface area contributed by atoms with Crippen LogP contribution in [0.2, 0.25) is 0 Å². The third-order valence-electron chi connectivity index (χ3n) is 4.29. The normalized spacial score (nSPS) is 14.8. The first-order valence-corrected chi connectivity index (χ1v) is 8.15. The Labute approximate surface area is 139 Å². The van der Waals surface area contributed by atoms with E-state index < -0.39 is 12.0 Å². The van der Waals surface area contributed by atoms with Gasteiger partial charge in [-0.1, -0.05) is 32.8 Å². The van der Waals surface area contributed by atoms with Gasteiger partial charge < -0.3 is 19.9 Å². The molecule has 0 heterocycles. The fraction of sp³-hybridized carbons (Fsp3) is 0.611. The highest BCUT2D eigenvalue weighted by Crippen LogP contribution is 2.31. The summed E-state index contributed by atoms with van der Waals surface area (Å²) in [7, 11) is 3.22. The fourth-order valence-electron chi connectivity index (χ4n) is 2.57. The molecule has 3 atom stereocenters. The van der Waals surface area contributed by atoms with Crippen molar-refractivity contribution in [2.45, 2.75) is 58.0 Å². The van der Waals surface area contributed by atoms with Crippen LogP contribution in [0, 0.1) is 0 Å². The lowest BCUT2D eigenvalue weighted by atomic mass is 9.93. The van der Waals surface area contributed by atoms with Crippen LogP contribution >= 0.6 is 0 Å². The number of rotatable bonds is 10. The smallest absolute Gasteiger partial charge is 0.320 e. The quantitative estimate of drug-likeness (QED) is 0.690. The van der Waals surface area contributed by atoms with Crippen LogP contribution in [0.4, 0.5) is 0 Å². The Bertz CT molecular complexity index is 504. The summed E-state index contributed by atoms with van der Waals surface area (Å²) < 4.78 is 10.6. The number of carboxylic acid groups (broad SMARTS) is 1. The van der Waals surface area contributed by atoms with E-state index in [1.165, 1.54) is 0 Å². The summed E-state index contributed by atoms with van der Waals surface area (Å²) in [5.41, 5.74) is 1.09. The van der Waals surface area contributed by atoms with Crippen LogP contribution in [0.3, 0.4) is 0 Å². The predicted octanol–water partition coefficient (Wildman–Crippen LogP) is 3.43. The molecule has 0 amide bonds. The lowest BCUT2D eigenvalue weighted by Crippen LogP contribution is -2.44. The number of aliphatic carboxylic acids is 1. The standard InChI is InChI=1S/C18H29NO4/c1-6-7-8-15(18(20)21)19-13(3)12(2)14-9-10-16(22-4)17(11-14)23-5/h9-13,15,19H,6-8H2,1-5H3,(H,20,21)/t12?,13?,15-/m0/s1. The molecule has 0 aliphatic carbocycles. The van der Waals surface area contributed by atoms with Gasteiger partial charge in [-0.15, -0.1) is 0 Å². The van der Waals surface area contributed by atoms with Crippen LogP contribution in [-0.2, 0) is 4.79 Å². The van der Waals surface area contributed by atoms with Crippen molar-refractivity contribution in [1.29, 1.82) is 0 Å². The van der Waals surface area contributed by atoms with Crippen molar-refractivity contribution in [1.82, 2.24) is 5.32 Å². The molecule has 0 saturated heterocycles. The highest BCUT2D eigenvalue weighted by Gasteiger charge is 2.23. The van der Waals surface area contributed by atoms with E-state index in [1.807, 2.05) is 25.1 Å². The van der Waals surface area contributed by atoms with Crippen LogP contribution in [0.25, 0.3) is 0 Å². The Kier molecular flexibility index (Phi) is 7.89. The third kappa shape index (κ3) is 5.43. The number of nitrogens with one attached hydrogen (secondary N) is 1. The van der Waals surface area contributed by atoms with Gasteiger partial charge >= 0.3 is 5.97 Å². The molecule has 1 aromatic carbocycles. The van der Waals surface area contributed by atoms with E-state index in [0.29, 0.717) is 17.9 Å². The zero-order valence-corrected chi connectivity index (χ0v) is 14.8. The van der Waals surface area contributed by atoms with Crippen molar-refractivity contribution in [3.05, 3.63) is 23.8 Å². The second-order valence-corrected chi connectivity index (χ2v) is 5.89. The summed E-state index contributed by atoms with van der Waals surface area (Å²) in [5, 5.41) is 12.6. The van der Waals surface area contributed by atoms with E-state index in [1.54, 1.807) is 14.2 Å². The van der Waals surface area contributed by atoms with Crippen molar-refractivity contribution in [2.24, 2.45) is 0 Å². The summed E-state index contributed by atoms with van der Waals surface area (Å²) in [6.45, 7) is 6.16. The van der Waals surface area contributed by atoms with Gasteiger partial charge in [0.15, 0.2) is 11.5 Å². The Morgan fingerprint density at radius 3 is 2.39 bits per heavy atom. The average molecular weight is 323 g/mol. The van der Waals surface area contributed by atoms with E-state index in [-0.39, 0.29) is 12.0 Å². The summed E-state index contributed by atoms with van der Waals surface area (Å²) in [5.74, 6) is 0.739. The first-order chi connectivity index (χ1) is 10.9. The molecule has 2 N–H and O–H groups in total. The van der Waals surface area contributed by atoms with Gasteiger partial charge in [0.2, 0.25) is 0 Å². The van der Waals surface area contributed by atoms with Crippen molar-refractivity contribution >= 4 is 5.97 Å². The van der Waals surface area contributed by atoms with Crippen LogP contribution in [0.15, 0.2) is 18.2 Å². The largest absolute Gasteiger partial charge is 0.493 e. The Morgan fingerprint density at radius 2 is 1.87 bits per heavy atom. The number of benzene rings is 1. The summed E-state index contributed by atoms with van der Waals surface area (Å²) in [6.07, 6.45) is 2.54. The molecule has 5 nitrogen and oxygen atoms in total. The second kappa shape index (κ2) is 9.40. The van der Waals surface area contributed by atoms with Gasteiger partial charge in [-0.05, 0) is 37.0 Å². The average Bonchev–Trinajstić information content (AvgIpc) is 2.56.